The van der Waals surface area contributed by atoms with E-state index in [0.29, 0.717) is 20.8 Å². The van der Waals surface area contributed by atoms with Crippen molar-refractivity contribution in [3.05, 3.63) is 49.4 Å². The number of carbonyl (C=O) groups excluding carboxylic acids is 1. The lowest BCUT2D eigenvalue weighted by Gasteiger charge is -2.16. The van der Waals surface area contributed by atoms with Crippen molar-refractivity contribution in [3.63, 3.8) is 0 Å². The van der Waals surface area contributed by atoms with Crippen molar-refractivity contribution in [1.29, 1.82) is 0 Å². The second-order valence-corrected chi connectivity index (χ2v) is 6.75. The van der Waals surface area contributed by atoms with E-state index in [2.05, 4.69) is 5.32 Å². The molecule has 0 spiro atoms. The van der Waals surface area contributed by atoms with Crippen LogP contribution in [0, 0.1) is 0 Å². The predicted molar refractivity (Wildman–Crippen MR) is 93.7 cm³/mol. The Balaban J connectivity index is 2.38. The van der Waals surface area contributed by atoms with Crippen molar-refractivity contribution in [1.82, 2.24) is 0 Å². The number of hydrogen-bond acceptors (Lipinski definition) is 1. The first kappa shape index (κ1) is 15.9. The van der Waals surface area contributed by atoms with Gasteiger partial charge in [-0.25, -0.2) is 0 Å². The Hall–Kier alpha value is -0.930. The third-order valence-corrected chi connectivity index (χ3v) is 5.41. The van der Waals surface area contributed by atoms with Gasteiger partial charge in [-0.3, -0.25) is 4.79 Å². The highest BCUT2D eigenvalue weighted by atomic mass is 35.5. The molecular formula is C16H11Cl4NO. The minimum atomic E-state index is -0.263. The molecule has 0 aliphatic heterocycles. The lowest BCUT2D eigenvalue weighted by atomic mass is 9.99. The second-order valence-electron chi connectivity index (χ2n) is 5.21. The number of anilines is 1. The number of halogens is 4. The number of nitrogens with one attached hydrogen (secondary N) is 1. The van der Waals surface area contributed by atoms with Crippen LogP contribution in [0.4, 0.5) is 5.69 Å². The Kier molecular flexibility index (Phi) is 4.07. The van der Waals surface area contributed by atoms with Gasteiger partial charge in [-0.2, -0.15) is 0 Å². The summed E-state index contributed by atoms with van der Waals surface area (Å²) < 4.78 is 0. The standard InChI is InChI=1S/C16H11Cl4NO/c1-6-8-4-3-5-9(17)11(8)12-10(6)14(19)16(21-7(2)22)15(20)13(12)18/h3-6H,1-2H3,(H,21,22). The molecule has 1 aliphatic rings. The highest BCUT2D eigenvalue weighted by Crippen LogP contribution is 2.57. The van der Waals surface area contributed by atoms with E-state index in [-0.39, 0.29) is 16.8 Å². The SMILES string of the molecule is CC(=O)Nc1c(Cl)c(Cl)c2c(c1Cl)C(C)c1cccc(Cl)c1-2. The molecule has 0 saturated carbocycles. The van der Waals surface area contributed by atoms with Crippen LogP contribution in [-0.4, -0.2) is 5.91 Å². The van der Waals surface area contributed by atoms with Gasteiger partial charge in [0.2, 0.25) is 5.91 Å². The molecule has 0 radical (unpaired) electrons. The van der Waals surface area contributed by atoms with Crippen LogP contribution in [-0.2, 0) is 4.79 Å². The summed E-state index contributed by atoms with van der Waals surface area (Å²) in [6.07, 6.45) is 0. The highest BCUT2D eigenvalue weighted by molar-refractivity contribution is 6.49. The summed E-state index contributed by atoms with van der Waals surface area (Å²) in [5.41, 5.74) is 3.83. The molecular weight excluding hydrogens is 364 g/mol. The third-order valence-electron chi connectivity index (χ3n) is 3.85. The molecule has 2 aromatic rings. The van der Waals surface area contributed by atoms with Crippen molar-refractivity contribution in [2.24, 2.45) is 0 Å². The van der Waals surface area contributed by atoms with Gasteiger partial charge in [0, 0.05) is 29.0 Å². The summed E-state index contributed by atoms with van der Waals surface area (Å²) >= 11 is 25.6. The van der Waals surface area contributed by atoms with Crippen LogP contribution >= 0.6 is 46.4 Å². The van der Waals surface area contributed by atoms with Crippen LogP contribution in [0.25, 0.3) is 11.1 Å². The molecule has 6 heteroatoms. The summed E-state index contributed by atoms with van der Waals surface area (Å²) in [6, 6.07) is 5.69. The molecule has 2 aromatic carbocycles. The van der Waals surface area contributed by atoms with E-state index in [1.165, 1.54) is 6.92 Å². The normalized spacial score (nSPS) is 15.5. The Morgan fingerprint density at radius 3 is 2.36 bits per heavy atom. The molecule has 0 aromatic heterocycles. The third kappa shape index (κ3) is 2.21. The topological polar surface area (TPSA) is 29.1 Å². The number of amides is 1. The summed E-state index contributed by atoms with van der Waals surface area (Å²) in [6.45, 7) is 3.41. The Bertz CT molecular complexity index is 817. The monoisotopic (exact) mass is 373 g/mol. The first-order chi connectivity index (χ1) is 10.3. The molecule has 22 heavy (non-hydrogen) atoms. The second kappa shape index (κ2) is 5.61. The summed E-state index contributed by atoms with van der Waals surface area (Å²) in [5.74, 6) is -0.250. The van der Waals surface area contributed by atoms with Gasteiger partial charge in [-0.15, -0.1) is 0 Å². The summed E-state index contributed by atoms with van der Waals surface area (Å²) in [7, 11) is 0. The van der Waals surface area contributed by atoms with E-state index >= 15 is 0 Å². The predicted octanol–water partition coefficient (Wildman–Crippen LogP) is 6.39. The molecule has 1 atom stereocenters. The van der Waals surface area contributed by atoms with Crippen LogP contribution in [0.3, 0.4) is 0 Å². The van der Waals surface area contributed by atoms with E-state index in [0.717, 1.165) is 22.3 Å². The van der Waals surface area contributed by atoms with Crippen LogP contribution in [0.5, 0.6) is 0 Å². The summed E-state index contributed by atoms with van der Waals surface area (Å²) in [5, 5.41) is 4.23. The average Bonchev–Trinajstić information content (AvgIpc) is 2.76. The molecule has 1 aliphatic carbocycles. The van der Waals surface area contributed by atoms with E-state index in [1.54, 1.807) is 0 Å². The maximum Gasteiger partial charge on any atom is 0.221 e. The first-order valence-corrected chi connectivity index (χ1v) is 8.12. The number of hydrogen-bond donors (Lipinski definition) is 1. The maximum absolute atomic E-state index is 11.4. The van der Waals surface area contributed by atoms with Crippen LogP contribution in [0.15, 0.2) is 18.2 Å². The van der Waals surface area contributed by atoms with Gasteiger partial charge in [0.05, 0.1) is 20.8 Å². The fourth-order valence-corrected chi connectivity index (χ4v) is 4.19. The molecule has 1 unspecified atom stereocenters. The van der Waals surface area contributed by atoms with E-state index < -0.39 is 0 Å². The molecule has 1 amide bonds. The first-order valence-electron chi connectivity index (χ1n) is 6.61. The summed E-state index contributed by atoms with van der Waals surface area (Å²) in [4.78, 5) is 11.4. The van der Waals surface area contributed by atoms with E-state index in [1.807, 2.05) is 25.1 Å². The minimum Gasteiger partial charge on any atom is -0.324 e. The maximum atomic E-state index is 11.4. The zero-order valence-corrected chi connectivity index (χ0v) is 14.8. The van der Waals surface area contributed by atoms with Gasteiger partial charge in [0.25, 0.3) is 0 Å². The zero-order chi connectivity index (χ0) is 16.2. The quantitative estimate of drug-likeness (QED) is 0.575. The molecule has 114 valence electrons. The van der Waals surface area contributed by atoms with Crippen LogP contribution < -0.4 is 5.32 Å². The largest absolute Gasteiger partial charge is 0.324 e. The van der Waals surface area contributed by atoms with Crippen molar-refractivity contribution >= 4 is 58.0 Å². The van der Waals surface area contributed by atoms with Crippen LogP contribution in [0.1, 0.15) is 30.9 Å². The smallest absolute Gasteiger partial charge is 0.221 e. The average molecular weight is 375 g/mol. The number of fused-ring (bicyclic) bond motifs is 3. The lowest BCUT2D eigenvalue weighted by Crippen LogP contribution is -2.08. The van der Waals surface area contributed by atoms with Crippen molar-refractivity contribution in [2.45, 2.75) is 19.8 Å². The zero-order valence-electron chi connectivity index (χ0n) is 11.7. The fraction of sp³-hybridized carbons (Fsp3) is 0.188. The minimum absolute atomic E-state index is 0.0125. The van der Waals surface area contributed by atoms with Gasteiger partial charge in [-0.05, 0) is 17.2 Å². The van der Waals surface area contributed by atoms with E-state index in [9.17, 15) is 4.79 Å². The fourth-order valence-electron chi connectivity index (χ4n) is 2.94. The molecule has 1 N–H and O–H groups in total. The Morgan fingerprint density at radius 2 is 1.73 bits per heavy atom. The van der Waals surface area contributed by atoms with Crippen LogP contribution in [0.2, 0.25) is 20.1 Å². The van der Waals surface area contributed by atoms with Gasteiger partial charge < -0.3 is 5.32 Å². The number of rotatable bonds is 1. The molecule has 0 heterocycles. The van der Waals surface area contributed by atoms with Gasteiger partial charge in [0.1, 0.15) is 0 Å². The molecule has 0 saturated heterocycles. The Morgan fingerprint density at radius 1 is 1.05 bits per heavy atom. The highest BCUT2D eigenvalue weighted by Gasteiger charge is 2.34. The van der Waals surface area contributed by atoms with Gasteiger partial charge in [0.15, 0.2) is 0 Å². The number of carbonyl (C=O) groups is 1. The number of benzene rings is 2. The van der Waals surface area contributed by atoms with Gasteiger partial charge >= 0.3 is 0 Å². The van der Waals surface area contributed by atoms with Crippen molar-refractivity contribution < 1.29 is 4.79 Å². The molecule has 3 rings (SSSR count). The molecule has 0 bridgehead atoms. The Labute approximate surface area is 148 Å². The van der Waals surface area contributed by atoms with E-state index in [4.69, 9.17) is 46.4 Å². The lowest BCUT2D eigenvalue weighted by molar-refractivity contribution is -0.114. The van der Waals surface area contributed by atoms with Crippen molar-refractivity contribution in [3.8, 4) is 11.1 Å². The van der Waals surface area contributed by atoms with Gasteiger partial charge in [-0.1, -0.05) is 65.5 Å². The van der Waals surface area contributed by atoms with Crippen molar-refractivity contribution in [2.75, 3.05) is 5.32 Å². The molecule has 2 nitrogen and oxygen atoms in total. The molecule has 0 fully saturated rings.